The van der Waals surface area contributed by atoms with E-state index in [4.69, 9.17) is 4.74 Å². The van der Waals surface area contributed by atoms with E-state index in [1.165, 1.54) is 0 Å². The minimum Gasteiger partial charge on any atom is -0.456 e. The number of hydrogen-bond acceptors (Lipinski definition) is 2. The molecule has 0 bridgehead atoms. The van der Waals surface area contributed by atoms with Crippen LogP contribution in [0.4, 0.5) is 0 Å². The molecule has 0 aliphatic heterocycles. The molecule has 0 atom stereocenters. The summed E-state index contributed by atoms with van der Waals surface area (Å²) in [6.07, 6.45) is 2.28. The summed E-state index contributed by atoms with van der Waals surface area (Å²) in [5, 5.41) is 0. The van der Waals surface area contributed by atoms with Crippen molar-refractivity contribution in [3.05, 3.63) is 53.3 Å². The average molecular weight is 244 g/mol. The largest absolute Gasteiger partial charge is 0.456 e. The van der Waals surface area contributed by atoms with Crippen molar-refractivity contribution in [1.29, 1.82) is 0 Å². The van der Waals surface area contributed by atoms with Gasteiger partial charge in [-0.25, -0.2) is 4.79 Å². The van der Waals surface area contributed by atoms with Crippen LogP contribution in [0.2, 0.25) is 0 Å². The Kier molecular flexibility index (Phi) is 4.94. The minimum absolute atomic E-state index is 0.301. The molecule has 0 amide bonds. The Labute approximate surface area is 109 Å². The van der Waals surface area contributed by atoms with Gasteiger partial charge in [0.1, 0.15) is 5.60 Å². The lowest BCUT2D eigenvalue weighted by Crippen LogP contribution is -2.25. The number of ether oxygens (including phenoxy) is 1. The SMILES string of the molecule is CC=C=C(Cc1ccccc1)C(=O)OC(C)(C)C. The van der Waals surface area contributed by atoms with Gasteiger partial charge in [-0.1, -0.05) is 30.3 Å². The third kappa shape index (κ3) is 5.03. The van der Waals surface area contributed by atoms with Crippen LogP contribution >= 0.6 is 0 Å². The number of rotatable bonds is 3. The van der Waals surface area contributed by atoms with Crippen LogP contribution in [-0.4, -0.2) is 11.6 Å². The first-order chi connectivity index (χ1) is 8.42. The van der Waals surface area contributed by atoms with Gasteiger partial charge in [-0.3, -0.25) is 0 Å². The Morgan fingerprint density at radius 2 is 1.89 bits per heavy atom. The van der Waals surface area contributed by atoms with E-state index in [1.54, 1.807) is 6.08 Å². The Hall–Kier alpha value is -1.79. The molecule has 1 aromatic carbocycles. The Morgan fingerprint density at radius 1 is 1.28 bits per heavy atom. The van der Waals surface area contributed by atoms with Crippen molar-refractivity contribution in [3.8, 4) is 0 Å². The lowest BCUT2D eigenvalue weighted by Gasteiger charge is -2.20. The van der Waals surface area contributed by atoms with E-state index in [0.29, 0.717) is 12.0 Å². The fraction of sp³-hybridized carbons (Fsp3) is 0.375. The van der Waals surface area contributed by atoms with Gasteiger partial charge in [-0.2, -0.15) is 0 Å². The summed E-state index contributed by atoms with van der Waals surface area (Å²) in [5.41, 5.74) is 4.12. The lowest BCUT2D eigenvalue weighted by molar-refractivity contribution is -0.149. The highest BCUT2D eigenvalue weighted by atomic mass is 16.6. The molecule has 0 saturated carbocycles. The molecule has 96 valence electrons. The average Bonchev–Trinajstić information content (AvgIpc) is 2.27. The van der Waals surface area contributed by atoms with E-state index in [-0.39, 0.29) is 5.97 Å². The number of carbonyl (C=O) groups excluding carboxylic acids is 1. The Balaban J connectivity index is 2.86. The van der Waals surface area contributed by atoms with Crippen molar-refractivity contribution in [2.24, 2.45) is 0 Å². The molecule has 0 radical (unpaired) electrons. The van der Waals surface area contributed by atoms with Crippen LogP contribution in [0.3, 0.4) is 0 Å². The molecule has 0 aromatic heterocycles. The second-order valence-corrected chi connectivity index (χ2v) is 5.08. The van der Waals surface area contributed by atoms with Crippen LogP contribution in [0.25, 0.3) is 0 Å². The quantitative estimate of drug-likeness (QED) is 0.460. The maximum atomic E-state index is 12.0. The third-order valence-electron chi connectivity index (χ3n) is 2.19. The van der Waals surface area contributed by atoms with Crippen molar-refractivity contribution in [2.45, 2.75) is 39.7 Å². The summed E-state index contributed by atoms with van der Waals surface area (Å²) < 4.78 is 5.37. The van der Waals surface area contributed by atoms with Crippen molar-refractivity contribution in [1.82, 2.24) is 0 Å². The predicted molar refractivity (Wildman–Crippen MR) is 73.3 cm³/mol. The van der Waals surface area contributed by atoms with Crippen LogP contribution < -0.4 is 0 Å². The zero-order chi connectivity index (χ0) is 13.6. The maximum absolute atomic E-state index is 12.0. The fourth-order valence-corrected chi connectivity index (χ4v) is 1.50. The zero-order valence-corrected chi connectivity index (χ0v) is 11.5. The molecule has 2 nitrogen and oxygen atoms in total. The molecule has 0 aliphatic carbocycles. The highest BCUT2D eigenvalue weighted by Crippen LogP contribution is 2.14. The molecule has 0 N–H and O–H groups in total. The monoisotopic (exact) mass is 244 g/mol. The van der Waals surface area contributed by atoms with Crippen LogP contribution in [0, 0.1) is 0 Å². The summed E-state index contributed by atoms with van der Waals surface area (Å²) in [6.45, 7) is 7.43. The molecule has 0 saturated heterocycles. The van der Waals surface area contributed by atoms with Gasteiger partial charge in [0.2, 0.25) is 0 Å². The van der Waals surface area contributed by atoms with Crippen molar-refractivity contribution in [2.75, 3.05) is 0 Å². The maximum Gasteiger partial charge on any atom is 0.342 e. The second-order valence-electron chi connectivity index (χ2n) is 5.08. The summed E-state index contributed by atoms with van der Waals surface area (Å²) in [7, 11) is 0. The predicted octanol–water partition coefficient (Wildman–Crippen LogP) is 3.67. The summed E-state index contributed by atoms with van der Waals surface area (Å²) in [6, 6.07) is 9.84. The van der Waals surface area contributed by atoms with Crippen molar-refractivity contribution >= 4 is 5.97 Å². The number of carbonyl (C=O) groups is 1. The second kappa shape index (κ2) is 6.23. The molecule has 18 heavy (non-hydrogen) atoms. The molecule has 1 rings (SSSR count). The van der Waals surface area contributed by atoms with E-state index < -0.39 is 5.60 Å². The van der Waals surface area contributed by atoms with E-state index >= 15 is 0 Å². The summed E-state index contributed by atoms with van der Waals surface area (Å²) >= 11 is 0. The number of benzene rings is 1. The number of esters is 1. The number of hydrogen-bond donors (Lipinski definition) is 0. The van der Waals surface area contributed by atoms with Crippen molar-refractivity contribution < 1.29 is 9.53 Å². The Morgan fingerprint density at radius 3 is 2.39 bits per heavy atom. The molecule has 0 unspecified atom stereocenters. The van der Waals surface area contributed by atoms with Gasteiger partial charge >= 0.3 is 5.97 Å². The molecule has 0 fully saturated rings. The van der Waals surface area contributed by atoms with Crippen LogP contribution in [0.5, 0.6) is 0 Å². The van der Waals surface area contributed by atoms with Gasteiger partial charge in [-0.15, -0.1) is 5.73 Å². The van der Waals surface area contributed by atoms with E-state index in [2.05, 4.69) is 5.73 Å². The third-order valence-corrected chi connectivity index (χ3v) is 2.19. The normalized spacial score (nSPS) is 10.4. The van der Waals surface area contributed by atoms with Gasteiger partial charge < -0.3 is 4.74 Å². The van der Waals surface area contributed by atoms with Crippen LogP contribution in [0.1, 0.15) is 33.3 Å². The van der Waals surface area contributed by atoms with Gasteiger partial charge in [-0.05, 0) is 39.3 Å². The van der Waals surface area contributed by atoms with Gasteiger partial charge in [0, 0.05) is 6.42 Å². The molecular weight excluding hydrogens is 224 g/mol. The van der Waals surface area contributed by atoms with Gasteiger partial charge in [0.05, 0.1) is 5.57 Å². The van der Waals surface area contributed by atoms with Crippen LogP contribution in [-0.2, 0) is 16.0 Å². The van der Waals surface area contributed by atoms with Crippen LogP contribution in [0.15, 0.2) is 47.7 Å². The topological polar surface area (TPSA) is 26.3 Å². The molecule has 2 heteroatoms. The smallest absolute Gasteiger partial charge is 0.342 e. The molecule has 0 heterocycles. The fourth-order valence-electron chi connectivity index (χ4n) is 1.50. The van der Waals surface area contributed by atoms with E-state index in [9.17, 15) is 4.79 Å². The van der Waals surface area contributed by atoms with E-state index in [0.717, 1.165) is 5.56 Å². The zero-order valence-electron chi connectivity index (χ0n) is 11.5. The molecule has 1 aromatic rings. The molecular formula is C16H20O2. The summed E-state index contributed by atoms with van der Waals surface area (Å²) in [5.74, 6) is -0.301. The van der Waals surface area contributed by atoms with Crippen molar-refractivity contribution in [3.63, 3.8) is 0 Å². The van der Waals surface area contributed by atoms with E-state index in [1.807, 2.05) is 58.0 Å². The highest BCUT2D eigenvalue weighted by molar-refractivity contribution is 5.89. The van der Waals surface area contributed by atoms with Gasteiger partial charge in [0.25, 0.3) is 0 Å². The summed E-state index contributed by atoms with van der Waals surface area (Å²) in [4.78, 5) is 12.0. The first kappa shape index (κ1) is 14.3. The lowest BCUT2D eigenvalue weighted by atomic mass is 10.1. The molecule has 0 spiro atoms. The standard InChI is InChI=1S/C16H20O2/c1-5-9-14(15(17)18-16(2,3)4)12-13-10-7-6-8-11-13/h5-8,10-11H,12H2,1-4H3. The Bertz CT molecular complexity index is 458. The molecule has 0 aliphatic rings. The first-order valence-corrected chi connectivity index (χ1v) is 6.10. The first-order valence-electron chi connectivity index (χ1n) is 6.10. The minimum atomic E-state index is -0.478. The highest BCUT2D eigenvalue weighted by Gasteiger charge is 2.19. The van der Waals surface area contributed by atoms with Gasteiger partial charge in [0.15, 0.2) is 0 Å².